The molecule has 0 unspecified atom stereocenters. The average Bonchev–Trinajstić information content (AvgIpc) is 3.00. The van der Waals surface area contributed by atoms with Crippen molar-refractivity contribution in [2.75, 3.05) is 31.1 Å². The average molecular weight is 347 g/mol. The van der Waals surface area contributed by atoms with Crippen LogP contribution in [-0.4, -0.2) is 51.3 Å². The molecule has 2 aromatic rings. The summed E-state index contributed by atoms with van der Waals surface area (Å²) < 4.78 is 4.17. The Labute approximate surface area is 143 Å². The number of carbonyl (C=O) groups excluding carboxylic acids is 1. The van der Waals surface area contributed by atoms with Gasteiger partial charge in [-0.2, -0.15) is 4.37 Å². The Morgan fingerprint density at radius 3 is 2.54 bits per heavy atom. The van der Waals surface area contributed by atoms with Gasteiger partial charge in [0.25, 0.3) is 11.6 Å². The molecule has 0 aliphatic carbocycles. The molecular formula is C15H17N5O3S. The number of rotatable bonds is 3. The molecule has 2 heterocycles. The third-order valence-corrected chi connectivity index (χ3v) is 4.87. The van der Waals surface area contributed by atoms with E-state index in [-0.39, 0.29) is 17.2 Å². The van der Waals surface area contributed by atoms with Gasteiger partial charge in [0.1, 0.15) is 11.4 Å². The van der Waals surface area contributed by atoms with Crippen LogP contribution in [0.3, 0.4) is 0 Å². The second-order valence-electron chi connectivity index (χ2n) is 5.63. The highest BCUT2D eigenvalue weighted by molar-refractivity contribution is 7.09. The fourth-order valence-electron chi connectivity index (χ4n) is 2.76. The predicted octanol–water partition coefficient (Wildman–Crippen LogP) is 2.03. The first kappa shape index (κ1) is 16.3. The number of aryl methyl sites for hydroxylation is 2. The van der Waals surface area contributed by atoms with Crippen LogP contribution in [-0.2, 0) is 0 Å². The SMILES string of the molecule is Cc1nsc(N2CCN(C(=O)c3cccc(C)c3[N+](=O)[O-])CC2)n1. The lowest BCUT2D eigenvalue weighted by atomic mass is 10.1. The van der Waals surface area contributed by atoms with Crippen LogP contribution in [0.25, 0.3) is 0 Å². The summed E-state index contributed by atoms with van der Waals surface area (Å²) >= 11 is 1.34. The van der Waals surface area contributed by atoms with Crippen molar-refractivity contribution in [2.24, 2.45) is 0 Å². The predicted molar refractivity (Wildman–Crippen MR) is 90.6 cm³/mol. The molecule has 0 radical (unpaired) electrons. The molecule has 1 aromatic heterocycles. The highest BCUT2D eigenvalue weighted by Gasteiger charge is 2.29. The minimum Gasteiger partial charge on any atom is -0.343 e. The molecule has 1 aromatic carbocycles. The van der Waals surface area contributed by atoms with E-state index in [0.29, 0.717) is 31.7 Å². The second kappa shape index (κ2) is 6.52. The van der Waals surface area contributed by atoms with Crippen LogP contribution in [0.15, 0.2) is 18.2 Å². The van der Waals surface area contributed by atoms with Gasteiger partial charge in [0, 0.05) is 43.3 Å². The number of nitrogens with zero attached hydrogens (tertiary/aromatic N) is 5. The van der Waals surface area contributed by atoms with Crippen LogP contribution in [0.4, 0.5) is 10.8 Å². The van der Waals surface area contributed by atoms with Gasteiger partial charge in [-0.15, -0.1) is 0 Å². The van der Waals surface area contributed by atoms with Crippen molar-refractivity contribution in [3.63, 3.8) is 0 Å². The summed E-state index contributed by atoms with van der Waals surface area (Å²) in [7, 11) is 0. The summed E-state index contributed by atoms with van der Waals surface area (Å²) in [6.07, 6.45) is 0. The lowest BCUT2D eigenvalue weighted by Crippen LogP contribution is -2.48. The highest BCUT2D eigenvalue weighted by Crippen LogP contribution is 2.25. The van der Waals surface area contributed by atoms with Crippen molar-refractivity contribution in [3.05, 3.63) is 45.3 Å². The van der Waals surface area contributed by atoms with Gasteiger partial charge in [-0.25, -0.2) is 4.98 Å². The quantitative estimate of drug-likeness (QED) is 0.623. The number of piperazine rings is 1. The molecular weight excluding hydrogens is 330 g/mol. The molecule has 0 saturated carbocycles. The van der Waals surface area contributed by atoms with E-state index in [4.69, 9.17) is 0 Å². The second-order valence-corrected chi connectivity index (χ2v) is 6.36. The summed E-state index contributed by atoms with van der Waals surface area (Å²) in [6.45, 7) is 5.77. The molecule has 0 N–H and O–H groups in total. The molecule has 1 saturated heterocycles. The van der Waals surface area contributed by atoms with E-state index < -0.39 is 4.92 Å². The van der Waals surface area contributed by atoms with Gasteiger partial charge in [-0.1, -0.05) is 12.1 Å². The molecule has 1 aliphatic heterocycles. The Balaban J connectivity index is 1.74. The number of carbonyl (C=O) groups is 1. The number of amides is 1. The molecule has 1 fully saturated rings. The summed E-state index contributed by atoms with van der Waals surface area (Å²) in [5.41, 5.74) is 0.540. The van der Waals surface area contributed by atoms with Gasteiger partial charge in [-0.3, -0.25) is 14.9 Å². The Morgan fingerprint density at radius 1 is 1.25 bits per heavy atom. The highest BCUT2D eigenvalue weighted by atomic mass is 32.1. The summed E-state index contributed by atoms with van der Waals surface area (Å²) in [6, 6.07) is 4.84. The molecule has 0 atom stereocenters. The number of nitro groups is 1. The third kappa shape index (κ3) is 3.07. The Bertz CT molecular complexity index is 783. The van der Waals surface area contributed by atoms with E-state index in [2.05, 4.69) is 14.3 Å². The maximum absolute atomic E-state index is 12.7. The van der Waals surface area contributed by atoms with Crippen molar-refractivity contribution < 1.29 is 9.72 Å². The van der Waals surface area contributed by atoms with Gasteiger partial charge in [0.15, 0.2) is 0 Å². The van der Waals surface area contributed by atoms with Crippen molar-refractivity contribution in [1.82, 2.24) is 14.3 Å². The lowest BCUT2D eigenvalue weighted by Gasteiger charge is -2.34. The number of para-hydroxylation sites is 1. The van der Waals surface area contributed by atoms with Crippen molar-refractivity contribution in [3.8, 4) is 0 Å². The van der Waals surface area contributed by atoms with Crippen LogP contribution < -0.4 is 4.90 Å². The summed E-state index contributed by atoms with van der Waals surface area (Å²) in [5, 5.41) is 12.1. The van der Waals surface area contributed by atoms with Crippen LogP contribution in [0.1, 0.15) is 21.7 Å². The molecule has 1 amide bonds. The van der Waals surface area contributed by atoms with Crippen molar-refractivity contribution >= 4 is 28.3 Å². The van der Waals surface area contributed by atoms with Crippen molar-refractivity contribution in [1.29, 1.82) is 0 Å². The first-order chi connectivity index (χ1) is 11.5. The molecule has 0 bridgehead atoms. The number of anilines is 1. The number of nitro benzene ring substituents is 1. The maximum Gasteiger partial charge on any atom is 0.285 e. The van der Waals surface area contributed by atoms with Crippen LogP contribution in [0.2, 0.25) is 0 Å². The monoisotopic (exact) mass is 347 g/mol. The zero-order valence-electron chi connectivity index (χ0n) is 13.4. The molecule has 1 aliphatic rings. The van der Waals surface area contributed by atoms with E-state index in [1.54, 1.807) is 24.0 Å². The first-order valence-electron chi connectivity index (χ1n) is 7.56. The van der Waals surface area contributed by atoms with E-state index in [1.165, 1.54) is 17.6 Å². The van der Waals surface area contributed by atoms with Gasteiger partial charge in [0.05, 0.1) is 4.92 Å². The molecule has 8 nitrogen and oxygen atoms in total. The van der Waals surface area contributed by atoms with Gasteiger partial charge >= 0.3 is 0 Å². The van der Waals surface area contributed by atoms with Gasteiger partial charge in [0.2, 0.25) is 5.13 Å². The summed E-state index contributed by atoms with van der Waals surface area (Å²) in [5.74, 6) is 0.447. The number of benzene rings is 1. The van der Waals surface area contributed by atoms with E-state index in [0.717, 1.165) is 11.0 Å². The first-order valence-corrected chi connectivity index (χ1v) is 8.33. The molecule has 0 spiro atoms. The molecule has 126 valence electrons. The van der Waals surface area contributed by atoms with Gasteiger partial charge in [-0.05, 0) is 19.9 Å². The largest absolute Gasteiger partial charge is 0.343 e. The standard InChI is InChI=1S/C15H17N5O3S/c1-10-4-3-5-12(13(10)20(22)23)14(21)18-6-8-19(9-7-18)15-16-11(2)17-24-15/h3-5H,6-9H2,1-2H3. The normalized spacial score (nSPS) is 14.8. The summed E-state index contributed by atoms with van der Waals surface area (Å²) in [4.78, 5) is 31.6. The Hall–Kier alpha value is -2.55. The zero-order valence-corrected chi connectivity index (χ0v) is 14.2. The van der Waals surface area contributed by atoms with Gasteiger partial charge < -0.3 is 9.80 Å². The van der Waals surface area contributed by atoms with E-state index >= 15 is 0 Å². The van der Waals surface area contributed by atoms with E-state index in [9.17, 15) is 14.9 Å². The minimum absolute atomic E-state index is 0.107. The zero-order chi connectivity index (χ0) is 17.3. The van der Waals surface area contributed by atoms with E-state index in [1.807, 2.05) is 6.92 Å². The minimum atomic E-state index is -0.483. The molecule has 24 heavy (non-hydrogen) atoms. The number of hydrogen-bond acceptors (Lipinski definition) is 7. The number of hydrogen-bond donors (Lipinski definition) is 0. The van der Waals surface area contributed by atoms with Crippen LogP contribution in [0, 0.1) is 24.0 Å². The maximum atomic E-state index is 12.7. The molecule has 3 rings (SSSR count). The van der Waals surface area contributed by atoms with Crippen LogP contribution >= 0.6 is 11.5 Å². The van der Waals surface area contributed by atoms with Crippen molar-refractivity contribution in [2.45, 2.75) is 13.8 Å². The lowest BCUT2D eigenvalue weighted by molar-refractivity contribution is -0.385. The Morgan fingerprint density at radius 2 is 1.96 bits per heavy atom. The topological polar surface area (TPSA) is 92.5 Å². The molecule has 9 heteroatoms. The number of aromatic nitrogens is 2. The third-order valence-electron chi connectivity index (χ3n) is 4.00. The Kier molecular flexibility index (Phi) is 4.43. The fourth-order valence-corrected chi connectivity index (χ4v) is 3.49. The fraction of sp³-hybridized carbons (Fsp3) is 0.400. The smallest absolute Gasteiger partial charge is 0.285 e. The van der Waals surface area contributed by atoms with Crippen LogP contribution in [0.5, 0.6) is 0 Å².